The van der Waals surface area contributed by atoms with Gasteiger partial charge < -0.3 is 4.57 Å². The highest BCUT2D eigenvalue weighted by Crippen LogP contribution is 2.28. The molecule has 0 spiro atoms. The Morgan fingerprint density at radius 2 is 1.38 bits per heavy atom. The lowest BCUT2D eigenvalue weighted by Gasteiger charge is -2.14. The number of pyridine rings is 1. The Morgan fingerprint density at radius 1 is 0.808 bits per heavy atom. The number of imide groups is 1. The minimum Gasteiger partial charge on any atom is -0.315 e. The number of aryl methyl sites for hydroxylation is 1. The van der Waals surface area contributed by atoms with Gasteiger partial charge in [0.15, 0.2) is 0 Å². The van der Waals surface area contributed by atoms with E-state index in [-0.39, 0.29) is 24.9 Å². The molecule has 0 fully saturated rings. The maximum Gasteiger partial charge on any atom is 0.417 e. The van der Waals surface area contributed by atoms with Crippen LogP contribution in [0.1, 0.15) is 39.1 Å². The fourth-order valence-corrected chi connectivity index (χ4v) is 2.87. The van der Waals surface area contributed by atoms with Crippen molar-refractivity contribution in [2.45, 2.75) is 25.6 Å². The van der Waals surface area contributed by atoms with E-state index in [4.69, 9.17) is 0 Å². The van der Waals surface area contributed by atoms with Crippen LogP contribution in [-0.2, 0) is 12.7 Å². The molecule has 2 amide bonds. The number of fused-ring (bicyclic) bond motifs is 1. The molecule has 1 aliphatic heterocycles. The average molecular weight is 364 g/mol. The lowest BCUT2D eigenvalue weighted by Crippen LogP contribution is -2.31. The molecule has 0 unspecified atom stereocenters. The van der Waals surface area contributed by atoms with Gasteiger partial charge >= 0.3 is 6.18 Å². The number of alkyl halides is 3. The molecule has 0 saturated carbocycles. The molecular weight excluding hydrogens is 349 g/mol. The third kappa shape index (κ3) is 3.40. The summed E-state index contributed by atoms with van der Waals surface area (Å²) in [5, 5.41) is 0. The molecule has 2 aromatic rings. The number of amides is 2. The largest absolute Gasteiger partial charge is 0.417 e. The number of hydrogen-bond donors (Lipinski definition) is 0. The highest BCUT2D eigenvalue weighted by Gasteiger charge is 2.34. The third-order valence-corrected chi connectivity index (χ3v) is 4.22. The van der Waals surface area contributed by atoms with Gasteiger partial charge in [-0.3, -0.25) is 19.3 Å². The van der Waals surface area contributed by atoms with Crippen LogP contribution in [0.5, 0.6) is 0 Å². The van der Waals surface area contributed by atoms with Crippen LogP contribution in [0.15, 0.2) is 47.4 Å². The number of halogens is 3. The molecule has 1 aliphatic rings. The van der Waals surface area contributed by atoms with E-state index in [9.17, 15) is 27.6 Å². The number of unbranched alkanes of at least 4 members (excludes halogenated alkanes) is 1. The smallest absolute Gasteiger partial charge is 0.315 e. The van der Waals surface area contributed by atoms with Gasteiger partial charge in [0.05, 0.1) is 16.7 Å². The molecule has 0 saturated heterocycles. The van der Waals surface area contributed by atoms with Gasteiger partial charge in [-0.25, -0.2) is 0 Å². The van der Waals surface area contributed by atoms with Crippen molar-refractivity contribution in [2.75, 3.05) is 6.54 Å². The van der Waals surface area contributed by atoms with Crippen LogP contribution in [0.3, 0.4) is 0 Å². The standard InChI is InChI=1S/C18H15F3N2O3/c19-18(20,21)12-7-8-15(24)22(11-12)9-3-4-10-23-16(25)13-5-1-2-6-14(13)17(23)26/h1-2,5-8,11H,3-4,9-10H2. The van der Waals surface area contributed by atoms with Crippen LogP contribution in [0.4, 0.5) is 13.2 Å². The maximum atomic E-state index is 12.7. The lowest BCUT2D eigenvalue weighted by molar-refractivity contribution is -0.138. The number of hydrogen-bond acceptors (Lipinski definition) is 3. The predicted octanol–water partition coefficient (Wildman–Crippen LogP) is 2.94. The van der Waals surface area contributed by atoms with Crippen molar-refractivity contribution in [1.29, 1.82) is 0 Å². The minimum atomic E-state index is -4.52. The summed E-state index contributed by atoms with van der Waals surface area (Å²) in [6.07, 6.45) is -3.00. The molecule has 8 heteroatoms. The molecule has 1 aromatic carbocycles. The molecule has 0 atom stereocenters. The molecule has 136 valence electrons. The first-order chi connectivity index (χ1) is 12.3. The number of carbonyl (C=O) groups is 2. The van der Waals surface area contributed by atoms with Crippen molar-refractivity contribution < 1.29 is 22.8 Å². The van der Waals surface area contributed by atoms with Crippen LogP contribution in [0.2, 0.25) is 0 Å². The Balaban J connectivity index is 1.60. The van der Waals surface area contributed by atoms with E-state index in [2.05, 4.69) is 0 Å². The molecule has 0 N–H and O–H groups in total. The average Bonchev–Trinajstić information content (AvgIpc) is 2.84. The lowest BCUT2D eigenvalue weighted by atomic mass is 10.1. The van der Waals surface area contributed by atoms with Gasteiger partial charge in [-0.2, -0.15) is 13.2 Å². The van der Waals surface area contributed by atoms with Crippen LogP contribution < -0.4 is 5.56 Å². The Labute approximate surface area is 146 Å². The molecule has 0 radical (unpaired) electrons. The molecule has 2 heterocycles. The number of nitrogens with zero attached hydrogens (tertiary/aromatic N) is 2. The summed E-state index contributed by atoms with van der Waals surface area (Å²) in [4.78, 5) is 37.2. The van der Waals surface area contributed by atoms with Crippen molar-refractivity contribution in [3.05, 3.63) is 69.6 Å². The van der Waals surface area contributed by atoms with E-state index in [1.54, 1.807) is 24.3 Å². The first-order valence-corrected chi connectivity index (χ1v) is 8.02. The van der Waals surface area contributed by atoms with E-state index in [1.807, 2.05) is 0 Å². The SMILES string of the molecule is O=C1c2ccccc2C(=O)N1CCCCn1cc(C(F)(F)F)ccc1=O. The van der Waals surface area contributed by atoms with E-state index < -0.39 is 17.3 Å². The summed E-state index contributed by atoms with van der Waals surface area (Å²) in [5.74, 6) is -0.747. The topological polar surface area (TPSA) is 59.4 Å². The van der Waals surface area contributed by atoms with Gasteiger partial charge in [0.1, 0.15) is 0 Å². The Bertz CT molecular complexity index is 883. The molecule has 1 aromatic heterocycles. The number of aromatic nitrogens is 1. The van der Waals surface area contributed by atoms with E-state index in [0.717, 1.165) is 27.8 Å². The summed E-state index contributed by atoms with van der Waals surface area (Å²) >= 11 is 0. The third-order valence-electron chi connectivity index (χ3n) is 4.22. The minimum absolute atomic E-state index is 0.0753. The first-order valence-electron chi connectivity index (χ1n) is 8.02. The predicted molar refractivity (Wildman–Crippen MR) is 86.7 cm³/mol. The van der Waals surface area contributed by atoms with Gasteiger partial charge in [-0.15, -0.1) is 0 Å². The Hall–Kier alpha value is -2.90. The van der Waals surface area contributed by atoms with Crippen molar-refractivity contribution in [2.24, 2.45) is 0 Å². The number of benzene rings is 1. The second-order valence-electron chi connectivity index (χ2n) is 5.96. The van der Waals surface area contributed by atoms with Crippen molar-refractivity contribution in [3.8, 4) is 0 Å². The summed E-state index contributed by atoms with van der Waals surface area (Å²) < 4.78 is 39.1. The molecule has 0 bridgehead atoms. The summed E-state index contributed by atoms with van der Waals surface area (Å²) in [7, 11) is 0. The van der Waals surface area contributed by atoms with Gasteiger partial charge in [0.2, 0.25) is 0 Å². The normalized spacial score (nSPS) is 14.0. The number of carbonyl (C=O) groups excluding carboxylic acids is 2. The van der Waals surface area contributed by atoms with Gasteiger partial charge in [-0.05, 0) is 31.0 Å². The fourth-order valence-electron chi connectivity index (χ4n) is 2.87. The van der Waals surface area contributed by atoms with Crippen molar-refractivity contribution in [1.82, 2.24) is 9.47 Å². The van der Waals surface area contributed by atoms with Gasteiger partial charge in [0, 0.05) is 25.4 Å². The summed E-state index contributed by atoms with van der Waals surface area (Å²) in [6, 6.07) is 8.14. The Morgan fingerprint density at radius 3 is 1.96 bits per heavy atom. The second kappa shape index (κ2) is 6.78. The second-order valence-corrected chi connectivity index (χ2v) is 5.96. The summed E-state index contributed by atoms with van der Waals surface area (Å²) in [5.41, 5.74) is -0.714. The van der Waals surface area contributed by atoms with Gasteiger partial charge in [0.25, 0.3) is 17.4 Å². The van der Waals surface area contributed by atoms with Crippen molar-refractivity contribution in [3.63, 3.8) is 0 Å². The van der Waals surface area contributed by atoms with Crippen molar-refractivity contribution >= 4 is 11.8 Å². The fraction of sp³-hybridized carbons (Fsp3) is 0.278. The van der Waals surface area contributed by atoms with Crippen LogP contribution >= 0.6 is 0 Å². The van der Waals surface area contributed by atoms with Gasteiger partial charge in [-0.1, -0.05) is 12.1 Å². The first kappa shape index (κ1) is 17.9. The Kier molecular flexibility index (Phi) is 4.67. The van der Waals surface area contributed by atoms with Crippen LogP contribution in [-0.4, -0.2) is 27.8 Å². The monoisotopic (exact) mass is 364 g/mol. The van der Waals surface area contributed by atoms with Crippen LogP contribution in [0.25, 0.3) is 0 Å². The molecule has 0 aliphatic carbocycles. The summed E-state index contributed by atoms with van der Waals surface area (Å²) in [6.45, 7) is 0.228. The van der Waals surface area contributed by atoms with E-state index >= 15 is 0 Å². The zero-order valence-corrected chi connectivity index (χ0v) is 13.6. The number of rotatable bonds is 5. The molecule has 26 heavy (non-hydrogen) atoms. The quantitative estimate of drug-likeness (QED) is 0.605. The molecule has 3 rings (SSSR count). The van der Waals surface area contributed by atoms with E-state index in [0.29, 0.717) is 24.0 Å². The molecular formula is C18H15F3N2O3. The zero-order valence-electron chi connectivity index (χ0n) is 13.6. The maximum absolute atomic E-state index is 12.7. The molecule has 5 nitrogen and oxygen atoms in total. The highest BCUT2D eigenvalue weighted by atomic mass is 19.4. The zero-order chi connectivity index (χ0) is 18.9. The van der Waals surface area contributed by atoms with E-state index in [1.165, 1.54) is 0 Å². The van der Waals surface area contributed by atoms with Crippen LogP contribution in [0, 0.1) is 0 Å². The highest BCUT2D eigenvalue weighted by molar-refractivity contribution is 6.21.